The number of hydrogen-bond donors (Lipinski definition) is 0. The molecule has 136 valence electrons. The first-order valence-corrected chi connectivity index (χ1v) is 9.06. The number of amides is 2. The number of carbonyl (C=O) groups excluding carboxylic acids is 2. The quantitative estimate of drug-likeness (QED) is 0.801. The van der Waals surface area contributed by atoms with Crippen molar-refractivity contribution < 1.29 is 14.3 Å². The van der Waals surface area contributed by atoms with E-state index in [-0.39, 0.29) is 11.8 Å². The molecule has 1 atom stereocenters. The second-order valence-electron chi connectivity index (χ2n) is 6.18. The number of rotatable bonds is 6. The molecule has 0 spiro atoms. The predicted molar refractivity (Wildman–Crippen MR) is 102 cm³/mol. The number of anilines is 1. The Hall–Kier alpha value is -2.82. The van der Waals surface area contributed by atoms with Crippen molar-refractivity contribution in [2.24, 2.45) is 0 Å². The van der Waals surface area contributed by atoms with Gasteiger partial charge in [-0.1, -0.05) is 18.2 Å². The van der Waals surface area contributed by atoms with Crippen molar-refractivity contribution in [3.63, 3.8) is 0 Å². The number of benzene rings is 2. The molecule has 2 amide bonds. The molecule has 1 fully saturated rings. The molecule has 1 saturated heterocycles. The molecule has 0 N–H and O–H groups in total. The summed E-state index contributed by atoms with van der Waals surface area (Å²) in [6.07, 6.45) is 0.643. The van der Waals surface area contributed by atoms with Crippen molar-refractivity contribution in [3.8, 4) is 5.75 Å². The van der Waals surface area contributed by atoms with Crippen molar-refractivity contribution in [1.82, 2.24) is 4.90 Å². The highest BCUT2D eigenvalue weighted by atomic mass is 16.5. The van der Waals surface area contributed by atoms with Crippen LogP contribution < -0.4 is 9.64 Å². The second kappa shape index (κ2) is 8.04. The number of ether oxygens (including phenoxy) is 1. The average Bonchev–Trinajstić information content (AvgIpc) is 3.05. The summed E-state index contributed by atoms with van der Waals surface area (Å²) < 4.78 is 5.42. The summed E-state index contributed by atoms with van der Waals surface area (Å²) in [6.45, 7) is 5.53. The Kier molecular flexibility index (Phi) is 5.56. The first-order valence-electron chi connectivity index (χ1n) is 9.06. The highest BCUT2D eigenvalue weighted by Crippen LogP contribution is 2.25. The first-order chi connectivity index (χ1) is 12.7. The average molecular weight is 352 g/mol. The highest BCUT2D eigenvalue weighted by molar-refractivity contribution is 6.03. The summed E-state index contributed by atoms with van der Waals surface area (Å²) in [6, 6.07) is 16.3. The van der Waals surface area contributed by atoms with Crippen LogP contribution in [0.25, 0.3) is 0 Å². The Morgan fingerprint density at radius 2 is 1.81 bits per heavy atom. The van der Waals surface area contributed by atoms with Crippen LogP contribution in [0.2, 0.25) is 0 Å². The van der Waals surface area contributed by atoms with E-state index in [9.17, 15) is 9.59 Å². The molecule has 1 unspecified atom stereocenters. The summed E-state index contributed by atoms with van der Waals surface area (Å²) in [5.74, 6) is 0.598. The van der Waals surface area contributed by atoms with Gasteiger partial charge in [0.05, 0.1) is 6.61 Å². The van der Waals surface area contributed by atoms with E-state index >= 15 is 0 Å². The highest BCUT2D eigenvalue weighted by Gasteiger charge is 2.38. The van der Waals surface area contributed by atoms with Crippen LogP contribution in [0.3, 0.4) is 0 Å². The lowest BCUT2D eigenvalue weighted by atomic mass is 10.1. The van der Waals surface area contributed by atoms with Crippen molar-refractivity contribution in [2.45, 2.75) is 26.3 Å². The van der Waals surface area contributed by atoms with Gasteiger partial charge in [-0.3, -0.25) is 9.59 Å². The minimum atomic E-state index is -0.417. The molecule has 0 bridgehead atoms. The molecule has 2 aromatic rings. The number of likely N-dealkylation sites (N-methyl/N-ethyl adjacent to an activating group) is 1. The summed E-state index contributed by atoms with van der Waals surface area (Å²) in [5, 5.41) is 0. The second-order valence-corrected chi connectivity index (χ2v) is 6.18. The maximum Gasteiger partial charge on any atom is 0.254 e. The molecule has 5 heteroatoms. The Morgan fingerprint density at radius 3 is 2.42 bits per heavy atom. The van der Waals surface area contributed by atoms with Crippen LogP contribution in [0.1, 0.15) is 30.6 Å². The minimum absolute atomic E-state index is 0.0164. The summed E-state index contributed by atoms with van der Waals surface area (Å²) in [5.41, 5.74) is 1.45. The third-order valence-electron chi connectivity index (χ3n) is 4.64. The monoisotopic (exact) mass is 352 g/mol. The van der Waals surface area contributed by atoms with E-state index in [0.29, 0.717) is 31.7 Å². The third-order valence-corrected chi connectivity index (χ3v) is 4.64. The van der Waals surface area contributed by atoms with Crippen LogP contribution in [0.5, 0.6) is 5.75 Å². The van der Waals surface area contributed by atoms with E-state index in [2.05, 4.69) is 0 Å². The molecule has 0 aliphatic carbocycles. The van der Waals surface area contributed by atoms with Gasteiger partial charge in [0.15, 0.2) is 0 Å². The fraction of sp³-hybridized carbons (Fsp3) is 0.333. The molecule has 26 heavy (non-hydrogen) atoms. The van der Waals surface area contributed by atoms with Gasteiger partial charge in [-0.2, -0.15) is 0 Å². The zero-order valence-corrected chi connectivity index (χ0v) is 15.2. The van der Waals surface area contributed by atoms with E-state index < -0.39 is 6.04 Å². The molecule has 0 saturated carbocycles. The molecule has 1 aliphatic rings. The van der Waals surface area contributed by atoms with E-state index in [1.807, 2.05) is 44.2 Å². The number of hydrogen-bond acceptors (Lipinski definition) is 3. The standard InChI is InChI=1S/C21H24N2O3/c1-3-22(20(24)16-10-12-18(13-11-16)26-4-2)19-14-15-23(21(19)25)17-8-6-5-7-9-17/h5-13,19H,3-4,14-15H2,1-2H3. The summed E-state index contributed by atoms with van der Waals surface area (Å²) in [7, 11) is 0. The van der Waals surface area contributed by atoms with E-state index in [4.69, 9.17) is 4.74 Å². The fourth-order valence-electron chi connectivity index (χ4n) is 3.35. The van der Waals surface area contributed by atoms with Gasteiger partial charge in [0.25, 0.3) is 5.91 Å². The van der Waals surface area contributed by atoms with Crippen molar-refractivity contribution >= 4 is 17.5 Å². The molecule has 0 aromatic heterocycles. The molecular formula is C21H24N2O3. The van der Waals surface area contributed by atoms with Gasteiger partial charge in [0.1, 0.15) is 11.8 Å². The zero-order chi connectivity index (χ0) is 18.5. The topological polar surface area (TPSA) is 49.9 Å². The van der Waals surface area contributed by atoms with Crippen molar-refractivity contribution in [1.29, 1.82) is 0 Å². The lowest BCUT2D eigenvalue weighted by Gasteiger charge is -2.27. The van der Waals surface area contributed by atoms with Gasteiger partial charge in [-0.25, -0.2) is 0 Å². The van der Waals surface area contributed by atoms with Crippen LogP contribution in [0.15, 0.2) is 54.6 Å². The lowest BCUT2D eigenvalue weighted by Crippen LogP contribution is -2.45. The first kappa shape index (κ1) is 18.0. The Bertz CT molecular complexity index is 759. The van der Waals surface area contributed by atoms with Gasteiger partial charge < -0.3 is 14.5 Å². The molecule has 1 aliphatic heterocycles. The minimum Gasteiger partial charge on any atom is -0.494 e. The van der Waals surface area contributed by atoms with Crippen molar-refractivity contribution in [2.75, 3.05) is 24.6 Å². The molecule has 1 heterocycles. The number of para-hydroxylation sites is 1. The van der Waals surface area contributed by atoms with Crippen LogP contribution >= 0.6 is 0 Å². The maximum absolute atomic E-state index is 12.9. The van der Waals surface area contributed by atoms with Gasteiger partial charge >= 0.3 is 0 Å². The molecule has 3 rings (SSSR count). The fourth-order valence-corrected chi connectivity index (χ4v) is 3.35. The van der Waals surface area contributed by atoms with E-state index in [1.165, 1.54) is 0 Å². The lowest BCUT2D eigenvalue weighted by molar-refractivity contribution is -0.120. The number of nitrogens with zero attached hydrogens (tertiary/aromatic N) is 2. The Labute approximate surface area is 154 Å². The zero-order valence-electron chi connectivity index (χ0n) is 15.2. The van der Waals surface area contributed by atoms with Crippen molar-refractivity contribution in [3.05, 3.63) is 60.2 Å². The molecule has 5 nitrogen and oxygen atoms in total. The number of carbonyl (C=O) groups is 2. The molecular weight excluding hydrogens is 328 g/mol. The van der Waals surface area contributed by atoms with E-state index in [1.54, 1.807) is 34.1 Å². The largest absolute Gasteiger partial charge is 0.494 e. The van der Waals surface area contributed by atoms with Gasteiger partial charge in [0, 0.05) is 24.3 Å². The van der Waals surface area contributed by atoms with Gasteiger partial charge in [-0.15, -0.1) is 0 Å². The van der Waals surface area contributed by atoms with Gasteiger partial charge in [-0.05, 0) is 56.7 Å². The third kappa shape index (κ3) is 3.57. The van der Waals surface area contributed by atoms with Crippen LogP contribution in [-0.2, 0) is 4.79 Å². The van der Waals surface area contributed by atoms with Gasteiger partial charge in [0.2, 0.25) is 5.91 Å². The smallest absolute Gasteiger partial charge is 0.254 e. The van der Waals surface area contributed by atoms with Crippen LogP contribution in [0, 0.1) is 0 Å². The van der Waals surface area contributed by atoms with E-state index in [0.717, 1.165) is 11.4 Å². The SMILES string of the molecule is CCOc1ccc(C(=O)N(CC)C2CCN(c3ccccc3)C2=O)cc1. The van der Waals surface area contributed by atoms with Crippen LogP contribution in [0.4, 0.5) is 5.69 Å². The summed E-state index contributed by atoms with van der Waals surface area (Å²) >= 11 is 0. The summed E-state index contributed by atoms with van der Waals surface area (Å²) in [4.78, 5) is 29.3. The maximum atomic E-state index is 12.9. The normalized spacial score (nSPS) is 16.6. The Morgan fingerprint density at radius 1 is 1.12 bits per heavy atom. The molecule has 0 radical (unpaired) electrons. The Balaban J connectivity index is 1.76. The molecule has 2 aromatic carbocycles. The van der Waals surface area contributed by atoms with Crippen LogP contribution in [-0.4, -0.2) is 42.5 Å². The predicted octanol–water partition coefficient (Wildman–Crippen LogP) is 3.35.